The predicted octanol–water partition coefficient (Wildman–Crippen LogP) is 1.93. The average molecular weight is 264 g/mol. The van der Waals surface area contributed by atoms with Crippen LogP contribution < -0.4 is 0 Å². The lowest BCUT2D eigenvalue weighted by atomic mass is 9.96. The molecule has 2 atom stereocenters. The van der Waals surface area contributed by atoms with E-state index >= 15 is 0 Å². The Morgan fingerprint density at radius 2 is 2.22 bits per heavy atom. The number of allylic oxidation sites excluding steroid dienone is 1. The molecule has 0 aliphatic heterocycles. The maximum absolute atomic E-state index is 10.9. The summed E-state index contributed by atoms with van der Waals surface area (Å²) in [5.41, 5.74) is 2.92. The minimum absolute atomic E-state index is 0.0544. The molecule has 96 valence electrons. The van der Waals surface area contributed by atoms with E-state index in [1.54, 1.807) is 0 Å². The van der Waals surface area contributed by atoms with Gasteiger partial charge in [-0.1, -0.05) is 42.1 Å². The molecular weight excluding hydrogens is 248 g/mol. The number of aliphatic hydroxyl groups is 2. The first-order chi connectivity index (χ1) is 8.59. The summed E-state index contributed by atoms with van der Waals surface area (Å²) in [7, 11) is 0. The molecule has 0 fully saturated rings. The summed E-state index contributed by atoms with van der Waals surface area (Å²) in [6.45, 7) is 1.45. The van der Waals surface area contributed by atoms with Crippen LogP contribution in [0.2, 0.25) is 0 Å². The number of carbonyl (C=O) groups is 1. The van der Waals surface area contributed by atoms with Crippen molar-refractivity contribution in [3.8, 4) is 0 Å². The fourth-order valence-corrected chi connectivity index (χ4v) is 2.68. The standard InChI is InChI=1S/C14H16O3S/c1-9(15)18-8-13(16)14(17)12-7-3-5-10-4-2-6-11(10)12/h2-5,7,13-14,16-17H,6,8H2,1H3. The van der Waals surface area contributed by atoms with Gasteiger partial charge in [-0.15, -0.1) is 0 Å². The number of fused-ring (bicyclic) bond motifs is 1. The SMILES string of the molecule is CC(=O)SCC(O)C(O)c1cccc2c1CC=C2. The molecule has 2 rings (SSSR count). The van der Waals surface area contributed by atoms with Gasteiger partial charge < -0.3 is 10.2 Å². The molecule has 0 aromatic heterocycles. The van der Waals surface area contributed by atoms with Crippen molar-refractivity contribution in [2.24, 2.45) is 0 Å². The van der Waals surface area contributed by atoms with E-state index in [2.05, 4.69) is 0 Å². The number of benzene rings is 1. The van der Waals surface area contributed by atoms with Gasteiger partial charge in [0.2, 0.25) is 0 Å². The molecule has 2 unspecified atom stereocenters. The van der Waals surface area contributed by atoms with E-state index in [4.69, 9.17) is 0 Å². The molecule has 0 saturated carbocycles. The molecule has 0 saturated heterocycles. The van der Waals surface area contributed by atoms with E-state index in [9.17, 15) is 15.0 Å². The Balaban J connectivity index is 2.12. The Kier molecular flexibility index (Phi) is 4.22. The Labute approximate surface area is 111 Å². The summed E-state index contributed by atoms with van der Waals surface area (Å²) in [6, 6.07) is 5.70. The molecule has 0 heterocycles. The van der Waals surface area contributed by atoms with Gasteiger partial charge in [0.15, 0.2) is 5.12 Å². The molecule has 18 heavy (non-hydrogen) atoms. The fraction of sp³-hybridized carbons (Fsp3) is 0.357. The maximum Gasteiger partial charge on any atom is 0.185 e. The van der Waals surface area contributed by atoms with Crippen molar-refractivity contribution in [1.82, 2.24) is 0 Å². The van der Waals surface area contributed by atoms with Crippen molar-refractivity contribution in [3.05, 3.63) is 41.0 Å². The molecule has 0 bridgehead atoms. The Morgan fingerprint density at radius 3 is 2.94 bits per heavy atom. The quantitative estimate of drug-likeness (QED) is 0.872. The second-order valence-corrected chi connectivity index (χ2v) is 5.53. The lowest BCUT2D eigenvalue weighted by molar-refractivity contribution is -0.109. The normalized spacial score (nSPS) is 16.4. The first-order valence-electron chi connectivity index (χ1n) is 5.87. The van der Waals surface area contributed by atoms with Crippen LogP contribution in [0.1, 0.15) is 29.7 Å². The summed E-state index contributed by atoms with van der Waals surface area (Å²) in [4.78, 5) is 10.9. The second-order valence-electron chi connectivity index (χ2n) is 4.34. The first-order valence-corrected chi connectivity index (χ1v) is 6.86. The molecule has 1 aromatic rings. The smallest absolute Gasteiger partial charge is 0.185 e. The molecular formula is C14H16O3S. The van der Waals surface area contributed by atoms with Crippen molar-refractivity contribution >= 4 is 23.0 Å². The zero-order valence-electron chi connectivity index (χ0n) is 10.2. The third kappa shape index (κ3) is 2.83. The minimum atomic E-state index is -0.938. The van der Waals surface area contributed by atoms with Crippen LogP contribution in [0.25, 0.3) is 6.08 Å². The van der Waals surface area contributed by atoms with Crippen LogP contribution in [0.4, 0.5) is 0 Å². The zero-order chi connectivity index (χ0) is 13.1. The number of aliphatic hydroxyl groups excluding tert-OH is 2. The third-order valence-electron chi connectivity index (χ3n) is 3.01. The van der Waals surface area contributed by atoms with Gasteiger partial charge in [-0.25, -0.2) is 0 Å². The van der Waals surface area contributed by atoms with E-state index in [0.717, 1.165) is 34.9 Å². The van der Waals surface area contributed by atoms with Crippen molar-refractivity contribution in [2.45, 2.75) is 25.6 Å². The monoisotopic (exact) mass is 264 g/mol. The Morgan fingerprint density at radius 1 is 1.44 bits per heavy atom. The first kappa shape index (κ1) is 13.3. The van der Waals surface area contributed by atoms with Gasteiger partial charge >= 0.3 is 0 Å². The molecule has 1 aromatic carbocycles. The van der Waals surface area contributed by atoms with Crippen LogP contribution in [0.5, 0.6) is 0 Å². The highest BCUT2D eigenvalue weighted by Gasteiger charge is 2.23. The van der Waals surface area contributed by atoms with Gasteiger partial charge in [0, 0.05) is 12.7 Å². The Hall–Kier alpha value is -1.10. The number of hydrogen-bond donors (Lipinski definition) is 2. The fourth-order valence-electron chi connectivity index (χ4n) is 2.10. The zero-order valence-corrected chi connectivity index (χ0v) is 11.0. The lowest BCUT2D eigenvalue weighted by Crippen LogP contribution is -2.22. The topological polar surface area (TPSA) is 57.5 Å². The largest absolute Gasteiger partial charge is 0.389 e. The number of thioether (sulfide) groups is 1. The van der Waals surface area contributed by atoms with E-state index < -0.39 is 12.2 Å². The lowest BCUT2D eigenvalue weighted by Gasteiger charge is -2.20. The van der Waals surface area contributed by atoms with E-state index in [0.29, 0.717) is 0 Å². The molecule has 1 aliphatic rings. The van der Waals surface area contributed by atoms with Crippen LogP contribution in [-0.4, -0.2) is 27.2 Å². The molecule has 4 heteroatoms. The Bertz CT molecular complexity index is 482. The molecule has 0 spiro atoms. The summed E-state index contributed by atoms with van der Waals surface area (Å²) in [5.74, 6) is 0.216. The van der Waals surface area contributed by atoms with Crippen LogP contribution in [0.15, 0.2) is 24.3 Å². The van der Waals surface area contributed by atoms with Gasteiger partial charge in [0.1, 0.15) is 6.10 Å². The van der Waals surface area contributed by atoms with Crippen LogP contribution in [0, 0.1) is 0 Å². The highest BCUT2D eigenvalue weighted by atomic mass is 32.2. The van der Waals surface area contributed by atoms with Gasteiger partial charge in [0.05, 0.1) is 6.10 Å². The van der Waals surface area contributed by atoms with E-state index in [1.165, 1.54) is 6.92 Å². The maximum atomic E-state index is 10.9. The van der Waals surface area contributed by atoms with E-state index in [1.807, 2.05) is 30.4 Å². The summed E-state index contributed by atoms with van der Waals surface area (Å²) in [5, 5.41) is 20.0. The number of carbonyl (C=O) groups excluding carboxylic acids is 1. The summed E-state index contributed by atoms with van der Waals surface area (Å²) in [6.07, 6.45) is 2.98. The van der Waals surface area contributed by atoms with Gasteiger partial charge in [-0.05, 0) is 23.1 Å². The van der Waals surface area contributed by atoms with Gasteiger partial charge in [-0.3, -0.25) is 4.79 Å². The van der Waals surface area contributed by atoms with Crippen molar-refractivity contribution in [1.29, 1.82) is 0 Å². The van der Waals surface area contributed by atoms with Gasteiger partial charge in [-0.2, -0.15) is 0 Å². The van der Waals surface area contributed by atoms with Gasteiger partial charge in [0.25, 0.3) is 0 Å². The van der Waals surface area contributed by atoms with Crippen LogP contribution in [0.3, 0.4) is 0 Å². The average Bonchev–Trinajstić information content (AvgIpc) is 2.82. The van der Waals surface area contributed by atoms with Crippen LogP contribution in [-0.2, 0) is 11.2 Å². The van der Waals surface area contributed by atoms with E-state index in [-0.39, 0.29) is 10.9 Å². The van der Waals surface area contributed by atoms with Crippen LogP contribution >= 0.6 is 11.8 Å². The molecule has 0 amide bonds. The number of rotatable bonds is 4. The number of hydrogen-bond acceptors (Lipinski definition) is 4. The predicted molar refractivity (Wildman–Crippen MR) is 73.3 cm³/mol. The van der Waals surface area contributed by atoms with Crippen molar-refractivity contribution < 1.29 is 15.0 Å². The highest BCUT2D eigenvalue weighted by Crippen LogP contribution is 2.29. The van der Waals surface area contributed by atoms with Crippen molar-refractivity contribution in [2.75, 3.05) is 5.75 Å². The molecule has 3 nitrogen and oxygen atoms in total. The minimum Gasteiger partial charge on any atom is -0.389 e. The molecule has 0 radical (unpaired) electrons. The summed E-state index contributed by atoms with van der Waals surface area (Å²) < 4.78 is 0. The van der Waals surface area contributed by atoms with Crippen molar-refractivity contribution in [3.63, 3.8) is 0 Å². The third-order valence-corrected chi connectivity index (χ3v) is 3.92. The molecule has 2 N–H and O–H groups in total. The molecule has 1 aliphatic carbocycles. The second kappa shape index (κ2) is 5.69. The summed E-state index contributed by atoms with van der Waals surface area (Å²) >= 11 is 1.03. The highest BCUT2D eigenvalue weighted by molar-refractivity contribution is 8.13.